The Balaban J connectivity index is 0.000000184. The molecule has 2 saturated heterocycles. The minimum absolute atomic E-state index is 0.00436. The molecule has 7 rings (SSSR count). The van der Waals surface area contributed by atoms with Crippen molar-refractivity contribution < 1.29 is 24.2 Å². The van der Waals surface area contributed by atoms with Crippen LogP contribution in [0.4, 0.5) is 45.5 Å². The van der Waals surface area contributed by atoms with Crippen molar-refractivity contribution in [2.75, 3.05) is 108 Å². The second-order valence-corrected chi connectivity index (χ2v) is 14.4. The third kappa shape index (κ3) is 10.3. The molecule has 60 heavy (non-hydrogen) atoms. The molecule has 20 nitrogen and oxygen atoms in total. The van der Waals surface area contributed by atoms with Crippen molar-refractivity contribution in [3.05, 3.63) is 103 Å². The highest BCUT2D eigenvalue weighted by atomic mass is 16.6. The Kier molecular flexibility index (Phi) is 13.9. The van der Waals surface area contributed by atoms with E-state index in [0.29, 0.717) is 22.7 Å². The first-order valence-electron chi connectivity index (χ1n) is 18.8. The first kappa shape index (κ1) is 43.9. The molecule has 4 aromatic carbocycles. The first-order chi connectivity index (χ1) is 28.5. The van der Waals surface area contributed by atoms with Gasteiger partial charge in [0.05, 0.1) is 40.0 Å². The molecule has 2 fully saturated rings. The van der Waals surface area contributed by atoms with Crippen molar-refractivity contribution in [2.24, 2.45) is 0 Å². The summed E-state index contributed by atoms with van der Waals surface area (Å²) in [7, 11) is 7.04. The second kappa shape index (κ2) is 19.0. The molecular weight excluding hydrogens is 777 g/mol. The number of rotatable bonds is 9. The Morgan fingerprint density at radius 3 is 1.67 bits per heavy atom. The van der Waals surface area contributed by atoms with E-state index >= 15 is 0 Å². The molecule has 0 aliphatic carbocycles. The average Bonchev–Trinajstić information content (AvgIpc) is 3.66. The molecule has 20 heteroatoms. The summed E-state index contributed by atoms with van der Waals surface area (Å²) in [5, 5.41) is 32.8. The predicted molar refractivity (Wildman–Crippen MR) is 235 cm³/mol. The van der Waals surface area contributed by atoms with E-state index in [1.807, 2.05) is 12.1 Å². The summed E-state index contributed by atoms with van der Waals surface area (Å²) >= 11 is 0. The highest BCUT2D eigenvalue weighted by molar-refractivity contribution is 5.85. The fourth-order valence-corrected chi connectivity index (χ4v) is 6.59. The molecule has 7 N–H and O–H groups in total. The molecule has 0 atom stereocenters. The largest absolute Gasteiger partial charge is 0.494 e. The number of allylic oxidation sites excluding steroid dienone is 1. The molecule has 1 aromatic heterocycles. The molecule has 0 spiro atoms. The number of imidazole rings is 1. The van der Waals surface area contributed by atoms with E-state index in [9.17, 15) is 30.3 Å². The van der Waals surface area contributed by atoms with E-state index < -0.39 is 14.8 Å². The van der Waals surface area contributed by atoms with Crippen LogP contribution in [-0.2, 0) is 0 Å². The monoisotopic (exact) mass is 826 g/mol. The van der Waals surface area contributed by atoms with Crippen LogP contribution in [0.25, 0.3) is 28.0 Å². The van der Waals surface area contributed by atoms with Gasteiger partial charge in [-0.1, -0.05) is 12.2 Å². The number of ether oxygens (including phenoxy) is 2. The molecule has 3 heterocycles. The van der Waals surface area contributed by atoms with Gasteiger partial charge in [-0.15, -0.1) is 0 Å². The number of nitro groups is 3. The topological polar surface area (TPSA) is 268 Å². The Hall–Kier alpha value is -7.19. The van der Waals surface area contributed by atoms with Gasteiger partial charge in [0.25, 0.3) is 17.1 Å². The van der Waals surface area contributed by atoms with Gasteiger partial charge in [-0.2, -0.15) is 0 Å². The van der Waals surface area contributed by atoms with Crippen molar-refractivity contribution in [1.82, 2.24) is 19.8 Å². The summed E-state index contributed by atoms with van der Waals surface area (Å²) in [6.45, 7) is 13.2. The van der Waals surface area contributed by atoms with Gasteiger partial charge in [-0.25, -0.2) is 4.98 Å². The van der Waals surface area contributed by atoms with E-state index in [1.165, 1.54) is 26.4 Å². The van der Waals surface area contributed by atoms with Crippen molar-refractivity contribution in [2.45, 2.75) is 6.92 Å². The summed E-state index contributed by atoms with van der Waals surface area (Å²) in [6, 6.07) is 17.2. The number of piperazine rings is 2. The number of anilines is 5. The minimum Gasteiger partial charge on any atom is -0.494 e. The van der Waals surface area contributed by atoms with Crippen LogP contribution in [0.2, 0.25) is 0 Å². The van der Waals surface area contributed by atoms with Gasteiger partial charge < -0.3 is 51.3 Å². The Morgan fingerprint density at radius 2 is 1.17 bits per heavy atom. The van der Waals surface area contributed by atoms with Gasteiger partial charge in [0.2, 0.25) is 0 Å². The summed E-state index contributed by atoms with van der Waals surface area (Å²) in [6.07, 6.45) is 0. The second-order valence-electron chi connectivity index (χ2n) is 14.4. The van der Waals surface area contributed by atoms with Crippen molar-refractivity contribution in [1.29, 1.82) is 0 Å². The van der Waals surface area contributed by atoms with E-state index in [2.05, 4.69) is 62.4 Å². The molecule has 5 aromatic rings. The number of nitrogens with zero attached hydrogens (tertiary/aromatic N) is 8. The number of aromatic nitrogens is 2. The van der Waals surface area contributed by atoms with Crippen LogP contribution in [0.5, 0.6) is 11.5 Å². The normalized spacial score (nSPS) is 14.3. The zero-order valence-electron chi connectivity index (χ0n) is 34.2. The molecule has 0 saturated carbocycles. The molecule has 2 aliphatic rings. The number of hydrogen-bond donors (Lipinski definition) is 4. The molecule has 0 radical (unpaired) electrons. The number of methoxy groups -OCH3 is 2. The van der Waals surface area contributed by atoms with Crippen LogP contribution in [0.3, 0.4) is 0 Å². The number of hydrogen-bond acceptors (Lipinski definition) is 16. The third-order valence-corrected chi connectivity index (χ3v) is 10.3. The molecule has 0 unspecified atom stereocenters. The summed E-state index contributed by atoms with van der Waals surface area (Å²) in [5.74, 6) is 1.08. The quantitative estimate of drug-likeness (QED) is 0.0797. The van der Waals surface area contributed by atoms with Gasteiger partial charge in [0.1, 0.15) is 23.0 Å². The maximum atomic E-state index is 11.3. The lowest BCUT2D eigenvalue weighted by Gasteiger charge is -2.34. The molecular formula is C40H50N12O8. The maximum absolute atomic E-state index is 11.3. The van der Waals surface area contributed by atoms with E-state index in [0.717, 1.165) is 80.3 Å². The smallest absolute Gasteiger partial charge is 0.296 e. The van der Waals surface area contributed by atoms with Gasteiger partial charge in [-0.05, 0) is 69.0 Å². The van der Waals surface area contributed by atoms with Crippen molar-refractivity contribution in [3.63, 3.8) is 0 Å². The number of fused-ring (bicyclic) bond motifs is 1. The fourth-order valence-electron chi connectivity index (χ4n) is 6.59. The molecule has 318 valence electrons. The van der Waals surface area contributed by atoms with Crippen LogP contribution in [0.1, 0.15) is 12.5 Å². The van der Waals surface area contributed by atoms with Gasteiger partial charge in [0.15, 0.2) is 11.4 Å². The van der Waals surface area contributed by atoms with Crippen molar-refractivity contribution in [3.8, 4) is 22.9 Å². The standard InChI is InChI=1S/C19H22N6O3.C11H16N4O2.C10H12N2O3/c1-23-5-7-24(8-6-23)13-3-4-14-15(11-13)22-19(21-14)12-9-16(25(26)27)18(20)17(10-12)28-2;1-13-4-6-14(7-5-13)9-2-3-10(12)11(8-9)15(16)17;1-6(2)7-4-8(12(13)14)10(11)9(5-7)15-3/h3-4,9-11H,5-8,20H2,1-2H3,(H,21,22);2-3,8H,4-7,12H2,1H3;4-5H,1,11H2,2-3H3. The first-order valence-corrected chi connectivity index (χ1v) is 18.8. The lowest BCUT2D eigenvalue weighted by Crippen LogP contribution is -2.44. The fraction of sp³-hybridized carbons (Fsp3) is 0.325. The summed E-state index contributed by atoms with van der Waals surface area (Å²) < 4.78 is 10.2. The van der Waals surface area contributed by atoms with Gasteiger partial charge >= 0.3 is 0 Å². The van der Waals surface area contributed by atoms with Crippen LogP contribution < -0.4 is 36.5 Å². The van der Waals surface area contributed by atoms with Crippen LogP contribution in [0, 0.1) is 30.3 Å². The lowest BCUT2D eigenvalue weighted by molar-refractivity contribution is -0.384. The van der Waals surface area contributed by atoms with Crippen LogP contribution >= 0.6 is 0 Å². The van der Waals surface area contributed by atoms with Crippen LogP contribution in [-0.4, -0.2) is 115 Å². The molecule has 0 amide bonds. The van der Waals surface area contributed by atoms with E-state index in [4.69, 9.17) is 26.7 Å². The molecule has 0 bridgehead atoms. The Labute approximate surface area is 346 Å². The number of benzene rings is 4. The summed E-state index contributed by atoms with van der Waals surface area (Å²) in [4.78, 5) is 48.2. The minimum atomic E-state index is -0.537. The number of nitrogen functional groups attached to an aromatic ring is 3. The van der Waals surface area contributed by atoms with Crippen LogP contribution in [0.15, 0.2) is 67.2 Å². The maximum Gasteiger partial charge on any atom is 0.296 e. The molecule has 2 aliphatic heterocycles. The summed E-state index contributed by atoms with van der Waals surface area (Å²) in [5.41, 5.74) is 22.4. The van der Waals surface area contributed by atoms with E-state index in [1.54, 1.807) is 31.2 Å². The average molecular weight is 827 g/mol. The predicted octanol–water partition coefficient (Wildman–Crippen LogP) is 5.63. The lowest BCUT2D eigenvalue weighted by atomic mass is 10.1. The number of likely N-dealkylation sites (N-methyl/N-ethyl adjacent to an activating group) is 2. The van der Waals surface area contributed by atoms with Gasteiger partial charge in [0, 0.05) is 87.5 Å². The van der Waals surface area contributed by atoms with E-state index in [-0.39, 0.29) is 39.9 Å². The SMILES string of the molecule is C=C(C)c1cc(OC)c(N)c([N+](=O)[O-])c1.CN1CCN(c2ccc(N)c([N+](=O)[O-])c2)CC1.COc1cc(-c2nc3ccc(N4CCN(C)CC4)cc3[nH]2)cc([N+](=O)[O-])c1N. The third-order valence-electron chi connectivity index (χ3n) is 10.3. The number of aromatic amines is 1. The van der Waals surface area contributed by atoms with Crippen molar-refractivity contribution >= 4 is 62.1 Å². The Bertz CT molecular complexity index is 2390. The number of nitrogens with one attached hydrogen (secondary N) is 1. The number of H-pyrrole nitrogens is 1. The van der Waals surface area contributed by atoms with Gasteiger partial charge in [-0.3, -0.25) is 30.3 Å². The highest BCUT2D eigenvalue weighted by Crippen LogP contribution is 2.37. The zero-order chi connectivity index (χ0) is 43.8. The number of nitro benzene ring substituents is 3. The highest BCUT2D eigenvalue weighted by Gasteiger charge is 2.22. The zero-order valence-corrected chi connectivity index (χ0v) is 34.2. The number of nitrogens with two attached hydrogens (primary N) is 3. The Morgan fingerprint density at radius 1 is 0.683 bits per heavy atom.